The lowest BCUT2D eigenvalue weighted by Crippen LogP contribution is -2.52. The molecule has 1 N–H and O–H groups in total. The monoisotopic (exact) mass is 387 g/mol. The molecule has 0 spiro atoms. The molecular formula is C21H26ClN3S. The smallest absolute Gasteiger partial charge is 0.169 e. The molecule has 0 saturated carbocycles. The average molecular weight is 388 g/mol. The van der Waals surface area contributed by atoms with E-state index in [1.807, 2.05) is 12.1 Å². The lowest BCUT2D eigenvalue weighted by atomic mass is 10.1. The van der Waals surface area contributed by atoms with Crippen molar-refractivity contribution >= 4 is 28.9 Å². The van der Waals surface area contributed by atoms with Crippen molar-refractivity contribution in [3.8, 4) is 0 Å². The van der Waals surface area contributed by atoms with Crippen LogP contribution in [0.3, 0.4) is 0 Å². The van der Waals surface area contributed by atoms with Crippen molar-refractivity contribution in [1.82, 2.24) is 15.1 Å². The van der Waals surface area contributed by atoms with Crippen LogP contribution in [-0.4, -0.2) is 47.6 Å². The number of hydrogen-bond acceptors (Lipinski definition) is 2. The van der Waals surface area contributed by atoms with Crippen molar-refractivity contribution in [3.05, 3.63) is 70.7 Å². The third-order valence-electron chi connectivity index (χ3n) is 5.03. The molecule has 5 heteroatoms. The van der Waals surface area contributed by atoms with Gasteiger partial charge >= 0.3 is 0 Å². The summed E-state index contributed by atoms with van der Waals surface area (Å²) in [6.07, 6.45) is 0.947. The predicted octanol–water partition coefficient (Wildman–Crippen LogP) is 4.14. The fourth-order valence-electron chi connectivity index (χ4n) is 3.33. The largest absolute Gasteiger partial charge is 0.362 e. The Morgan fingerprint density at radius 3 is 2.35 bits per heavy atom. The quantitative estimate of drug-likeness (QED) is 0.777. The third kappa shape index (κ3) is 5.19. The number of hydrogen-bond donors (Lipinski definition) is 1. The van der Waals surface area contributed by atoms with Gasteiger partial charge in [0.25, 0.3) is 0 Å². The minimum Gasteiger partial charge on any atom is -0.362 e. The molecule has 3 nitrogen and oxygen atoms in total. The first-order valence-corrected chi connectivity index (χ1v) is 9.98. The van der Waals surface area contributed by atoms with E-state index in [0.717, 1.165) is 49.3 Å². The maximum atomic E-state index is 5.92. The molecule has 1 atom stereocenters. The molecule has 3 rings (SSSR count). The fraction of sp³-hybridized carbons (Fsp3) is 0.381. The molecule has 0 radical (unpaired) electrons. The van der Waals surface area contributed by atoms with E-state index in [4.69, 9.17) is 23.8 Å². The Bertz CT molecular complexity index is 697. The fourth-order valence-corrected chi connectivity index (χ4v) is 3.74. The first-order valence-electron chi connectivity index (χ1n) is 9.20. The summed E-state index contributed by atoms with van der Waals surface area (Å²) in [5.74, 6) is 0. The number of rotatable bonds is 5. The Morgan fingerprint density at radius 1 is 1.04 bits per heavy atom. The van der Waals surface area contributed by atoms with E-state index in [1.165, 1.54) is 11.1 Å². The summed E-state index contributed by atoms with van der Waals surface area (Å²) in [7, 11) is 0. The maximum absolute atomic E-state index is 5.92. The zero-order chi connectivity index (χ0) is 18.4. The van der Waals surface area contributed by atoms with Crippen LogP contribution in [0.2, 0.25) is 5.02 Å². The maximum Gasteiger partial charge on any atom is 0.169 e. The number of nitrogens with zero attached hydrogens (tertiary/aromatic N) is 2. The first-order chi connectivity index (χ1) is 12.6. The Labute approximate surface area is 166 Å². The molecule has 1 unspecified atom stereocenters. The van der Waals surface area contributed by atoms with Crippen LogP contribution in [0.5, 0.6) is 0 Å². The number of halogens is 1. The Balaban J connectivity index is 1.41. The summed E-state index contributed by atoms with van der Waals surface area (Å²) in [6.45, 7) is 7.16. The van der Waals surface area contributed by atoms with Gasteiger partial charge in [0.05, 0.1) is 0 Å². The van der Waals surface area contributed by atoms with Gasteiger partial charge < -0.3 is 10.2 Å². The molecule has 1 aliphatic rings. The Kier molecular flexibility index (Phi) is 6.89. The highest BCUT2D eigenvalue weighted by Gasteiger charge is 2.23. The van der Waals surface area contributed by atoms with Gasteiger partial charge in [0.15, 0.2) is 5.11 Å². The van der Waals surface area contributed by atoms with Crippen LogP contribution in [0.15, 0.2) is 54.6 Å². The highest BCUT2D eigenvalue weighted by atomic mass is 35.5. The van der Waals surface area contributed by atoms with Crippen molar-refractivity contribution in [2.24, 2.45) is 0 Å². The number of nitrogens with one attached hydrogen (secondary N) is 1. The lowest BCUT2D eigenvalue weighted by molar-refractivity contribution is 0.140. The molecule has 1 saturated heterocycles. The van der Waals surface area contributed by atoms with Crippen molar-refractivity contribution < 1.29 is 0 Å². The Morgan fingerprint density at radius 2 is 1.69 bits per heavy atom. The molecule has 0 aliphatic carbocycles. The molecule has 26 heavy (non-hydrogen) atoms. The third-order valence-corrected chi connectivity index (χ3v) is 5.69. The summed E-state index contributed by atoms with van der Waals surface area (Å²) in [6, 6.07) is 19.2. The molecule has 1 fully saturated rings. The van der Waals surface area contributed by atoms with Crippen molar-refractivity contribution in [2.45, 2.75) is 19.4 Å². The van der Waals surface area contributed by atoms with E-state index in [0.29, 0.717) is 6.04 Å². The van der Waals surface area contributed by atoms with Crippen LogP contribution in [0.1, 0.15) is 24.1 Å². The zero-order valence-electron chi connectivity index (χ0n) is 15.2. The number of piperazine rings is 1. The average Bonchev–Trinajstić information content (AvgIpc) is 2.69. The summed E-state index contributed by atoms with van der Waals surface area (Å²) in [5, 5.41) is 5.04. The summed E-state index contributed by atoms with van der Waals surface area (Å²) < 4.78 is 0. The van der Waals surface area contributed by atoms with Gasteiger partial charge in [-0.05, 0) is 48.8 Å². The van der Waals surface area contributed by atoms with Gasteiger partial charge in [-0.25, -0.2) is 0 Å². The predicted molar refractivity (Wildman–Crippen MR) is 114 cm³/mol. The second-order valence-electron chi connectivity index (χ2n) is 6.72. The normalized spacial score (nSPS) is 16.3. The van der Waals surface area contributed by atoms with Crippen molar-refractivity contribution in [1.29, 1.82) is 0 Å². The second kappa shape index (κ2) is 9.36. The topological polar surface area (TPSA) is 18.5 Å². The molecule has 1 aliphatic heterocycles. The molecule has 2 aromatic carbocycles. The molecular weight excluding hydrogens is 362 g/mol. The van der Waals surface area contributed by atoms with Crippen LogP contribution < -0.4 is 5.32 Å². The number of benzene rings is 2. The molecule has 0 bridgehead atoms. The standard InChI is InChI=1S/C21H26ClN3S/c1-17(19-5-3-2-4-6-19)24-13-15-25(16-14-24)21(26)23-12-11-18-7-9-20(22)10-8-18/h2-10,17H,11-16H2,1H3,(H,23,26). The highest BCUT2D eigenvalue weighted by molar-refractivity contribution is 7.80. The van der Waals surface area contributed by atoms with Crippen LogP contribution >= 0.6 is 23.8 Å². The van der Waals surface area contributed by atoms with Gasteiger partial charge in [0.1, 0.15) is 0 Å². The first kappa shape index (κ1) is 19.2. The van der Waals surface area contributed by atoms with Gasteiger partial charge in [-0.1, -0.05) is 54.1 Å². The van der Waals surface area contributed by atoms with Crippen LogP contribution in [0.4, 0.5) is 0 Å². The van der Waals surface area contributed by atoms with E-state index < -0.39 is 0 Å². The zero-order valence-corrected chi connectivity index (χ0v) is 16.8. The molecule has 0 amide bonds. The SMILES string of the molecule is CC(c1ccccc1)N1CCN(C(=S)NCCc2ccc(Cl)cc2)CC1. The van der Waals surface area contributed by atoms with Crippen molar-refractivity contribution in [3.63, 3.8) is 0 Å². The van der Waals surface area contributed by atoms with E-state index in [9.17, 15) is 0 Å². The van der Waals surface area contributed by atoms with E-state index in [2.05, 4.69) is 64.5 Å². The molecule has 2 aromatic rings. The molecule has 0 aromatic heterocycles. The van der Waals surface area contributed by atoms with Gasteiger partial charge in [-0.2, -0.15) is 0 Å². The molecule has 1 heterocycles. The Hall–Kier alpha value is -1.62. The number of thiocarbonyl (C=S) groups is 1. The lowest BCUT2D eigenvalue weighted by Gasteiger charge is -2.39. The van der Waals surface area contributed by atoms with Gasteiger partial charge in [-0.3, -0.25) is 4.90 Å². The van der Waals surface area contributed by atoms with Crippen LogP contribution in [0.25, 0.3) is 0 Å². The second-order valence-corrected chi connectivity index (χ2v) is 7.54. The van der Waals surface area contributed by atoms with Gasteiger partial charge in [-0.15, -0.1) is 0 Å². The van der Waals surface area contributed by atoms with E-state index in [1.54, 1.807) is 0 Å². The van der Waals surface area contributed by atoms with Crippen LogP contribution in [0, 0.1) is 0 Å². The molecule has 138 valence electrons. The van der Waals surface area contributed by atoms with Crippen LogP contribution in [-0.2, 0) is 6.42 Å². The minimum absolute atomic E-state index is 0.449. The van der Waals surface area contributed by atoms with Crippen molar-refractivity contribution in [2.75, 3.05) is 32.7 Å². The summed E-state index contributed by atoms with van der Waals surface area (Å²) in [5.41, 5.74) is 2.65. The van der Waals surface area contributed by atoms with E-state index >= 15 is 0 Å². The van der Waals surface area contributed by atoms with Gasteiger partial charge in [0.2, 0.25) is 0 Å². The highest BCUT2D eigenvalue weighted by Crippen LogP contribution is 2.21. The summed E-state index contributed by atoms with van der Waals surface area (Å²) in [4.78, 5) is 4.81. The summed E-state index contributed by atoms with van der Waals surface area (Å²) >= 11 is 11.5. The minimum atomic E-state index is 0.449. The van der Waals surface area contributed by atoms with E-state index in [-0.39, 0.29) is 0 Å². The van der Waals surface area contributed by atoms with Gasteiger partial charge in [0, 0.05) is 43.8 Å².